The second-order valence-electron chi connectivity index (χ2n) is 9.44. The second-order valence-corrected chi connectivity index (χ2v) is 9.44. The van der Waals surface area contributed by atoms with Crippen molar-refractivity contribution in [3.8, 4) is 0 Å². The van der Waals surface area contributed by atoms with Gasteiger partial charge in [0.05, 0.1) is 25.4 Å². The van der Waals surface area contributed by atoms with E-state index in [0.717, 1.165) is 25.0 Å². The average molecular weight is 435 g/mol. The summed E-state index contributed by atoms with van der Waals surface area (Å²) in [5.74, 6) is -0.530. The lowest BCUT2D eigenvalue weighted by Crippen LogP contribution is -2.45. The Balaban J connectivity index is 2.18. The van der Waals surface area contributed by atoms with Gasteiger partial charge in [0.15, 0.2) is 5.79 Å². The summed E-state index contributed by atoms with van der Waals surface area (Å²) >= 11 is 0. The summed E-state index contributed by atoms with van der Waals surface area (Å²) in [6.07, 6.45) is 10.1. The minimum atomic E-state index is -0.757. The van der Waals surface area contributed by atoms with E-state index in [9.17, 15) is 0 Å². The molecule has 1 aliphatic rings. The third kappa shape index (κ3) is 9.61. The summed E-state index contributed by atoms with van der Waals surface area (Å²) in [6.45, 7) is 12.9. The van der Waals surface area contributed by atoms with Crippen LogP contribution in [0.3, 0.4) is 0 Å². The van der Waals surface area contributed by atoms with Crippen molar-refractivity contribution < 1.29 is 18.9 Å². The fourth-order valence-corrected chi connectivity index (χ4v) is 4.26. The van der Waals surface area contributed by atoms with Crippen LogP contribution in [0.1, 0.15) is 91.5 Å². The Kier molecular flexibility index (Phi) is 12.1. The topological polar surface area (TPSA) is 40.2 Å². The monoisotopic (exact) mass is 434 g/mol. The van der Waals surface area contributed by atoms with Crippen LogP contribution in [-0.4, -0.2) is 38.1 Å². The van der Waals surface area contributed by atoms with Crippen LogP contribution < -0.4 is 0 Å². The van der Waals surface area contributed by atoms with Crippen molar-refractivity contribution in [2.45, 2.75) is 110 Å². The van der Waals surface area contributed by atoms with Crippen molar-refractivity contribution in [2.75, 3.05) is 19.8 Å². The molecule has 1 aliphatic heterocycles. The molecule has 0 aromatic heterocycles. The highest BCUT2D eigenvalue weighted by atomic mass is 16.7. The van der Waals surface area contributed by atoms with Crippen LogP contribution in [0.2, 0.25) is 0 Å². The maximum Gasteiger partial charge on any atom is 0.198 e. The lowest BCUT2D eigenvalue weighted by Gasteiger charge is -2.43. The van der Waals surface area contributed by atoms with E-state index in [2.05, 4.69) is 65.0 Å². The number of hydrogen-bond donors (Lipinski definition) is 0. The molecule has 0 bridgehead atoms. The van der Waals surface area contributed by atoms with Crippen molar-refractivity contribution in [3.05, 3.63) is 35.9 Å². The summed E-state index contributed by atoms with van der Waals surface area (Å²) in [5.41, 5.74) is 1.11. The van der Waals surface area contributed by atoms with E-state index in [1.807, 2.05) is 0 Å². The van der Waals surface area contributed by atoms with Crippen LogP contribution in [0.5, 0.6) is 0 Å². The molecule has 4 heteroatoms. The van der Waals surface area contributed by atoms with Crippen LogP contribution in [0.15, 0.2) is 30.3 Å². The predicted octanol–water partition coefficient (Wildman–Crippen LogP) is 6.86. The fourth-order valence-electron chi connectivity index (χ4n) is 4.26. The Hall–Kier alpha value is -0.940. The van der Waals surface area contributed by atoms with Gasteiger partial charge in [0.25, 0.3) is 0 Å². The number of hydrogen-bond acceptors (Lipinski definition) is 4. The van der Waals surface area contributed by atoms with E-state index in [-0.39, 0.29) is 18.1 Å². The maximum absolute atomic E-state index is 6.68. The van der Waals surface area contributed by atoms with E-state index in [1.165, 1.54) is 38.5 Å². The minimum Gasteiger partial charge on any atom is -0.379 e. The first-order chi connectivity index (χ1) is 15.0. The number of epoxide rings is 1. The van der Waals surface area contributed by atoms with Gasteiger partial charge in [-0.3, -0.25) is 0 Å². The van der Waals surface area contributed by atoms with Gasteiger partial charge in [-0.25, -0.2) is 0 Å². The molecule has 2 atom stereocenters. The van der Waals surface area contributed by atoms with Gasteiger partial charge in [0, 0.05) is 18.1 Å². The molecule has 0 amide bonds. The molecule has 31 heavy (non-hydrogen) atoms. The first-order valence-electron chi connectivity index (χ1n) is 12.6. The normalized spacial score (nSPS) is 17.5. The Morgan fingerprint density at radius 3 is 2.10 bits per heavy atom. The molecule has 0 saturated carbocycles. The van der Waals surface area contributed by atoms with Crippen molar-refractivity contribution >= 4 is 0 Å². The van der Waals surface area contributed by atoms with Gasteiger partial charge in [0.1, 0.15) is 6.10 Å². The smallest absolute Gasteiger partial charge is 0.198 e. The Morgan fingerprint density at radius 1 is 0.903 bits per heavy atom. The molecular formula is C27H46O4. The summed E-state index contributed by atoms with van der Waals surface area (Å²) in [5, 5.41) is 0. The summed E-state index contributed by atoms with van der Waals surface area (Å²) in [4.78, 5) is 0. The number of ether oxygens (including phenoxy) is 4. The average Bonchev–Trinajstić information content (AvgIpc) is 3.56. The number of unbranched alkanes of at least 4 members (excludes halogenated alkanes) is 5. The zero-order valence-corrected chi connectivity index (χ0v) is 20.6. The highest BCUT2D eigenvalue weighted by Crippen LogP contribution is 2.42. The van der Waals surface area contributed by atoms with Crippen LogP contribution in [0.25, 0.3) is 0 Å². The molecule has 1 saturated heterocycles. The van der Waals surface area contributed by atoms with Crippen molar-refractivity contribution in [1.82, 2.24) is 0 Å². The third-order valence-corrected chi connectivity index (χ3v) is 5.76. The van der Waals surface area contributed by atoms with Gasteiger partial charge in [0.2, 0.25) is 0 Å². The third-order valence-electron chi connectivity index (χ3n) is 5.76. The molecule has 178 valence electrons. The Labute approximate surface area is 191 Å². The quantitative estimate of drug-likeness (QED) is 0.144. The van der Waals surface area contributed by atoms with Gasteiger partial charge in [-0.1, -0.05) is 75.8 Å². The first kappa shape index (κ1) is 26.3. The molecule has 4 nitrogen and oxygen atoms in total. The first-order valence-corrected chi connectivity index (χ1v) is 12.6. The zero-order chi connectivity index (χ0) is 22.5. The van der Waals surface area contributed by atoms with Crippen molar-refractivity contribution in [2.24, 2.45) is 5.92 Å². The standard InChI is InChI=1S/C27H46O4/c1-6-7-8-9-10-12-17-25(18-19-28-20-26-21-29-26)27(30-22(2)3,31-23(4)5)24-15-13-11-14-16-24/h11,13-16,22-23,25-26H,6-10,12,17-21H2,1-5H3. The molecule has 0 spiro atoms. The molecule has 1 aromatic rings. The maximum atomic E-state index is 6.68. The summed E-state index contributed by atoms with van der Waals surface area (Å²) in [7, 11) is 0. The van der Waals surface area contributed by atoms with Gasteiger partial charge in [-0.2, -0.15) is 0 Å². The van der Waals surface area contributed by atoms with E-state index in [1.54, 1.807) is 0 Å². The predicted molar refractivity (Wildman–Crippen MR) is 127 cm³/mol. The molecular weight excluding hydrogens is 388 g/mol. The lowest BCUT2D eigenvalue weighted by atomic mass is 9.84. The molecule has 0 radical (unpaired) electrons. The molecule has 1 heterocycles. The van der Waals surface area contributed by atoms with E-state index >= 15 is 0 Å². The molecule has 1 fully saturated rings. The molecule has 2 unspecified atom stereocenters. The Morgan fingerprint density at radius 2 is 1.52 bits per heavy atom. The second kappa shape index (κ2) is 14.3. The minimum absolute atomic E-state index is 0.0618. The molecule has 0 N–H and O–H groups in total. The Bertz CT molecular complexity index is 558. The largest absolute Gasteiger partial charge is 0.379 e. The van der Waals surface area contributed by atoms with Gasteiger partial charge < -0.3 is 18.9 Å². The van der Waals surface area contributed by atoms with Crippen molar-refractivity contribution in [1.29, 1.82) is 0 Å². The van der Waals surface area contributed by atoms with E-state index < -0.39 is 5.79 Å². The molecule has 2 rings (SSSR count). The van der Waals surface area contributed by atoms with Crippen LogP contribution >= 0.6 is 0 Å². The van der Waals surface area contributed by atoms with Gasteiger partial charge in [-0.15, -0.1) is 0 Å². The highest BCUT2D eigenvalue weighted by Gasteiger charge is 2.44. The van der Waals surface area contributed by atoms with E-state index in [0.29, 0.717) is 19.3 Å². The van der Waals surface area contributed by atoms with E-state index in [4.69, 9.17) is 18.9 Å². The fraction of sp³-hybridized carbons (Fsp3) is 0.778. The summed E-state index contributed by atoms with van der Waals surface area (Å²) < 4.78 is 24.6. The number of rotatable bonds is 18. The molecule has 0 aliphatic carbocycles. The van der Waals surface area contributed by atoms with Crippen molar-refractivity contribution in [3.63, 3.8) is 0 Å². The summed E-state index contributed by atoms with van der Waals surface area (Å²) in [6, 6.07) is 10.5. The zero-order valence-electron chi connectivity index (χ0n) is 20.6. The van der Waals surface area contributed by atoms with Gasteiger partial charge >= 0.3 is 0 Å². The number of benzene rings is 1. The molecule has 1 aromatic carbocycles. The van der Waals surface area contributed by atoms with Crippen LogP contribution in [-0.2, 0) is 24.7 Å². The SMILES string of the molecule is CCCCCCCCC(CCOCC1CO1)C(OC(C)C)(OC(C)C)c1ccccc1. The lowest BCUT2D eigenvalue weighted by molar-refractivity contribution is -0.309. The van der Waals surface area contributed by atoms with Gasteiger partial charge in [-0.05, 0) is 40.5 Å². The van der Waals surface area contributed by atoms with Crippen LogP contribution in [0, 0.1) is 5.92 Å². The highest BCUT2D eigenvalue weighted by molar-refractivity contribution is 5.22. The van der Waals surface area contributed by atoms with Crippen LogP contribution in [0.4, 0.5) is 0 Å².